The van der Waals surface area contributed by atoms with Crippen molar-refractivity contribution in [3.63, 3.8) is 0 Å². The van der Waals surface area contributed by atoms with Crippen LogP contribution in [0.4, 0.5) is 0 Å². The van der Waals surface area contributed by atoms with Crippen molar-refractivity contribution in [2.45, 2.75) is 39.2 Å². The summed E-state index contributed by atoms with van der Waals surface area (Å²) >= 11 is 0. The summed E-state index contributed by atoms with van der Waals surface area (Å²) in [6, 6.07) is 7.75. The topological polar surface area (TPSA) is 42.2 Å². The third kappa shape index (κ3) is 2.71. The van der Waals surface area contributed by atoms with Crippen LogP contribution in [0.15, 0.2) is 35.3 Å². The molecule has 2 aromatic rings. The van der Waals surface area contributed by atoms with Gasteiger partial charge in [-0.2, -0.15) is 0 Å². The lowest BCUT2D eigenvalue weighted by Crippen LogP contribution is -2.24. The van der Waals surface area contributed by atoms with Crippen LogP contribution in [0.5, 0.6) is 0 Å². The molecule has 3 heteroatoms. The maximum Gasteiger partial charge on any atom is 0.258 e. The summed E-state index contributed by atoms with van der Waals surface area (Å²) in [5, 5.41) is 10.7. The van der Waals surface area contributed by atoms with Gasteiger partial charge < -0.3 is 9.67 Å². The van der Waals surface area contributed by atoms with Gasteiger partial charge in [0.2, 0.25) is 0 Å². The molecule has 0 aliphatic heterocycles. The zero-order valence-corrected chi connectivity index (χ0v) is 11.8. The Kier molecular flexibility index (Phi) is 3.76. The van der Waals surface area contributed by atoms with E-state index in [4.69, 9.17) is 5.11 Å². The average molecular weight is 259 g/mol. The van der Waals surface area contributed by atoms with Crippen molar-refractivity contribution in [3.8, 4) is 0 Å². The Morgan fingerprint density at radius 2 is 1.79 bits per heavy atom. The SMILES string of the molecule is CC(C)(C)c1cn(CCCO)c(=O)c2ccccc12. The molecule has 1 N–H and O–H groups in total. The molecule has 0 radical (unpaired) electrons. The first kappa shape index (κ1) is 13.8. The molecule has 0 atom stereocenters. The number of hydrogen-bond donors (Lipinski definition) is 1. The lowest BCUT2D eigenvalue weighted by molar-refractivity contribution is 0.279. The van der Waals surface area contributed by atoms with Gasteiger partial charge in [0, 0.05) is 24.7 Å². The lowest BCUT2D eigenvalue weighted by Gasteiger charge is -2.23. The highest BCUT2D eigenvalue weighted by Crippen LogP contribution is 2.28. The monoisotopic (exact) mass is 259 g/mol. The number of benzene rings is 1. The van der Waals surface area contributed by atoms with E-state index in [1.54, 1.807) is 4.57 Å². The molecule has 0 spiro atoms. The standard InChI is InChI=1S/C16H21NO2/c1-16(2,3)14-11-17(9-6-10-18)15(19)13-8-5-4-7-12(13)14/h4-5,7-8,11,18H,6,9-10H2,1-3H3. The average Bonchev–Trinajstić information content (AvgIpc) is 2.37. The second kappa shape index (κ2) is 5.17. The maximum atomic E-state index is 12.4. The fraction of sp³-hybridized carbons (Fsp3) is 0.438. The van der Waals surface area contributed by atoms with Crippen LogP contribution in [0, 0.1) is 0 Å². The number of aryl methyl sites for hydroxylation is 1. The predicted octanol–water partition coefficient (Wildman–Crippen LogP) is 2.68. The second-order valence-electron chi connectivity index (χ2n) is 5.91. The third-order valence-corrected chi connectivity index (χ3v) is 3.36. The molecule has 0 aliphatic rings. The van der Waals surface area contributed by atoms with E-state index in [1.807, 2.05) is 30.5 Å². The maximum absolute atomic E-state index is 12.4. The van der Waals surface area contributed by atoms with Gasteiger partial charge in [0.05, 0.1) is 0 Å². The minimum Gasteiger partial charge on any atom is -0.396 e. The van der Waals surface area contributed by atoms with Gasteiger partial charge >= 0.3 is 0 Å². The van der Waals surface area contributed by atoms with Gasteiger partial charge in [0.1, 0.15) is 0 Å². The molecule has 1 aromatic heterocycles. The van der Waals surface area contributed by atoms with Crippen molar-refractivity contribution >= 4 is 10.8 Å². The first-order valence-corrected chi connectivity index (χ1v) is 6.68. The first-order valence-electron chi connectivity index (χ1n) is 6.68. The Hall–Kier alpha value is -1.61. The third-order valence-electron chi connectivity index (χ3n) is 3.36. The van der Waals surface area contributed by atoms with Crippen molar-refractivity contribution in [1.82, 2.24) is 4.57 Å². The quantitative estimate of drug-likeness (QED) is 0.920. The van der Waals surface area contributed by atoms with E-state index in [0.717, 1.165) is 10.8 Å². The summed E-state index contributed by atoms with van der Waals surface area (Å²) in [6.07, 6.45) is 2.54. The molecule has 0 saturated carbocycles. The van der Waals surface area contributed by atoms with Crippen LogP contribution in [0.1, 0.15) is 32.8 Å². The van der Waals surface area contributed by atoms with Gasteiger partial charge in [-0.15, -0.1) is 0 Å². The summed E-state index contributed by atoms with van der Waals surface area (Å²) in [6.45, 7) is 7.11. The van der Waals surface area contributed by atoms with Crippen LogP contribution in [0.2, 0.25) is 0 Å². The highest BCUT2D eigenvalue weighted by molar-refractivity contribution is 5.85. The molecule has 0 fully saturated rings. The van der Waals surface area contributed by atoms with Crippen LogP contribution in [0.25, 0.3) is 10.8 Å². The highest BCUT2D eigenvalue weighted by atomic mass is 16.3. The van der Waals surface area contributed by atoms with Crippen molar-refractivity contribution in [2.24, 2.45) is 0 Å². The normalized spacial score (nSPS) is 12.0. The number of pyridine rings is 1. The van der Waals surface area contributed by atoms with E-state index in [1.165, 1.54) is 5.56 Å². The molecule has 2 rings (SSSR count). The lowest BCUT2D eigenvalue weighted by atomic mass is 9.85. The fourth-order valence-corrected chi connectivity index (χ4v) is 2.35. The van der Waals surface area contributed by atoms with E-state index in [-0.39, 0.29) is 17.6 Å². The molecule has 0 bridgehead atoms. The predicted molar refractivity (Wildman–Crippen MR) is 78.6 cm³/mol. The number of hydrogen-bond acceptors (Lipinski definition) is 2. The van der Waals surface area contributed by atoms with E-state index in [9.17, 15) is 4.79 Å². The van der Waals surface area contributed by atoms with Crippen molar-refractivity contribution in [1.29, 1.82) is 0 Å². The van der Waals surface area contributed by atoms with E-state index in [2.05, 4.69) is 20.8 Å². The summed E-state index contributed by atoms with van der Waals surface area (Å²) in [5.41, 5.74) is 1.17. The number of aliphatic hydroxyl groups excluding tert-OH is 1. The molecule has 0 aliphatic carbocycles. The molecule has 3 nitrogen and oxygen atoms in total. The van der Waals surface area contributed by atoms with Gasteiger partial charge in [-0.3, -0.25) is 4.79 Å². The van der Waals surface area contributed by atoms with E-state index < -0.39 is 0 Å². The summed E-state index contributed by atoms with van der Waals surface area (Å²) in [4.78, 5) is 12.4. The molecule has 0 amide bonds. The Morgan fingerprint density at radius 1 is 1.16 bits per heavy atom. The number of nitrogens with zero attached hydrogens (tertiary/aromatic N) is 1. The smallest absolute Gasteiger partial charge is 0.258 e. The van der Waals surface area contributed by atoms with Crippen LogP contribution in [-0.4, -0.2) is 16.3 Å². The van der Waals surface area contributed by atoms with E-state index in [0.29, 0.717) is 13.0 Å². The van der Waals surface area contributed by atoms with Gasteiger partial charge in [0.15, 0.2) is 0 Å². The number of aliphatic hydroxyl groups is 1. The molecule has 1 aromatic carbocycles. The largest absolute Gasteiger partial charge is 0.396 e. The first-order chi connectivity index (χ1) is 8.95. The van der Waals surface area contributed by atoms with Gasteiger partial charge in [-0.05, 0) is 28.9 Å². The minimum absolute atomic E-state index is 0.0196. The van der Waals surface area contributed by atoms with Gasteiger partial charge in [-0.25, -0.2) is 0 Å². The zero-order chi connectivity index (χ0) is 14.0. The number of aromatic nitrogens is 1. The second-order valence-corrected chi connectivity index (χ2v) is 5.91. The Balaban J connectivity index is 2.73. The van der Waals surface area contributed by atoms with Crippen molar-refractivity contribution < 1.29 is 5.11 Å². The number of fused-ring (bicyclic) bond motifs is 1. The molecule has 1 heterocycles. The molecule has 0 saturated heterocycles. The Labute approximate surface area is 113 Å². The molecular formula is C16H21NO2. The minimum atomic E-state index is -0.0196. The van der Waals surface area contributed by atoms with Crippen LogP contribution in [-0.2, 0) is 12.0 Å². The van der Waals surface area contributed by atoms with Crippen molar-refractivity contribution in [3.05, 3.63) is 46.4 Å². The molecule has 0 unspecified atom stereocenters. The van der Waals surface area contributed by atoms with Gasteiger partial charge in [0.25, 0.3) is 5.56 Å². The van der Waals surface area contributed by atoms with Crippen LogP contribution >= 0.6 is 0 Å². The Morgan fingerprint density at radius 3 is 2.37 bits per heavy atom. The molecular weight excluding hydrogens is 238 g/mol. The highest BCUT2D eigenvalue weighted by Gasteiger charge is 2.19. The Bertz CT molecular complexity index is 635. The summed E-state index contributed by atoms with van der Waals surface area (Å²) in [5.74, 6) is 0. The fourth-order valence-electron chi connectivity index (χ4n) is 2.35. The van der Waals surface area contributed by atoms with Crippen LogP contribution in [0.3, 0.4) is 0 Å². The molecule has 102 valence electrons. The molecule has 19 heavy (non-hydrogen) atoms. The summed E-state index contributed by atoms with van der Waals surface area (Å²) in [7, 11) is 0. The zero-order valence-electron chi connectivity index (χ0n) is 11.8. The van der Waals surface area contributed by atoms with Gasteiger partial charge in [-0.1, -0.05) is 39.0 Å². The summed E-state index contributed by atoms with van der Waals surface area (Å²) < 4.78 is 1.72. The van der Waals surface area contributed by atoms with E-state index >= 15 is 0 Å². The van der Waals surface area contributed by atoms with Crippen molar-refractivity contribution in [2.75, 3.05) is 6.61 Å². The number of rotatable bonds is 3. The van der Waals surface area contributed by atoms with Crippen LogP contribution < -0.4 is 5.56 Å².